The van der Waals surface area contributed by atoms with Crippen LogP contribution in [0.3, 0.4) is 0 Å². The fourth-order valence-electron chi connectivity index (χ4n) is 7.69. The number of likely N-dealkylation sites (N-methyl/N-ethyl adjacent to an activating group) is 1. The number of benzene rings is 1. The van der Waals surface area contributed by atoms with Gasteiger partial charge < -0.3 is 14.7 Å². The molecule has 1 saturated carbocycles. The van der Waals surface area contributed by atoms with E-state index in [1.54, 1.807) is 23.5 Å². The van der Waals surface area contributed by atoms with E-state index in [9.17, 15) is 9.90 Å². The smallest absolute Gasteiger partial charge is 0.246 e. The number of carbonyl (C=O) groups is 1. The fourth-order valence-corrected chi connectivity index (χ4v) is 9.03. The van der Waals surface area contributed by atoms with E-state index in [4.69, 9.17) is 4.74 Å². The molecule has 5 atom stereocenters. The average Bonchev–Trinajstić information content (AvgIpc) is 3.41. The van der Waals surface area contributed by atoms with Crippen molar-refractivity contribution < 1.29 is 14.6 Å². The summed E-state index contributed by atoms with van der Waals surface area (Å²) < 4.78 is 7.73. The molecule has 6 rings (SSSR count). The Morgan fingerprint density at radius 1 is 1.43 bits per heavy atom. The Balaban J connectivity index is 1.39. The summed E-state index contributed by atoms with van der Waals surface area (Å²) in [6, 6.07) is 6.22. The molecule has 4 aliphatic rings. The molecule has 5 nitrogen and oxygen atoms in total. The molecular weight excluding hydrogens is 524 g/mol. The van der Waals surface area contributed by atoms with Crippen molar-refractivity contribution in [3.8, 4) is 11.5 Å². The van der Waals surface area contributed by atoms with Crippen molar-refractivity contribution in [1.29, 1.82) is 0 Å². The van der Waals surface area contributed by atoms with Crippen LogP contribution < -0.4 is 4.74 Å². The monoisotopic (exact) mass is 554 g/mol. The number of likely N-dealkylation sites (tertiary alicyclic amines) is 1. The number of carbonyl (C=O) groups excluding carboxylic acids is 1. The molecule has 1 amide bonds. The first-order valence-corrected chi connectivity index (χ1v) is 14.0. The molecule has 1 aromatic heterocycles. The Morgan fingerprint density at radius 2 is 2.26 bits per heavy atom. The van der Waals surface area contributed by atoms with Crippen molar-refractivity contribution >= 4 is 39.2 Å². The van der Waals surface area contributed by atoms with E-state index in [1.807, 2.05) is 35.5 Å². The first-order valence-electron chi connectivity index (χ1n) is 12.4. The van der Waals surface area contributed by atoms with Crippen LogP contribution in [0.15, 0.2) is 46.8 Å². The molecule has 35 heavy (non-hydrogen) atoms. The maximum Gasteiger partial charge on any atom is 0.246 e. The summed E-state index contributed by atoms with van der Waals surface area (Å²) in [5.41, 5.74) is 2.29. The molecule has 1 spiro atoms. The molecule has 3 heterocycles. The van der Waals surface area contributed by atoms with Crippen molar-refractivity contribution in [2.75, 3.05) is 20.1 Å². The predicted molar refractivity (Wildman–Crippen MR) is 143 cm³/mol. The number of phenolic OH excluding ortho intramolecular Hbond substituents is 1. The van der Waals surface area contributed by atoms with E-state index in [2.05, 4.69) is 40.4 Å². The number of nitrogens with zero attached hydrogens (tertiary/aromatic N) is 2. The van der Waals surface area contributed by atoms with E-state index in [0.29, 0.717) is 11.8 Å². The first-order chi connectivity index (χ1) is 16.8. The van der Waals surface area contributed by atoms with Crippen LogP contribution in [0.2, 0.25) is 0 Å². The third-order valence-corrected chi connectivity index (χ3v) is 11.0. The number of hydrogen-bond donors (Lipinski definition) is 1. The molecule has 0 radical (unpaired) electrons. The van der Waals surface area contributed by atoms with Gasteiger partial charge in [0, 0.05) is 51.4 Å². The van der Waals surface area contributed by atoms with Gasteiger partial charge in [-0.1, -0.05) is 19.1 Å². The van der Waals surface area contributed by atoms with Gasteiger partial charge >= 0.3 is 0 Å². The van der Waals surface area contributed by atoms with Crippen LogP contribution in [0.25, 0.3) is 6.08 Å². The highest BCUT2D eigenvalue weighted by Gasteiger charge is 2.71. The number of amides is 1. The lowest BCUT2D eigenvalue weighted by molar-refractivity contribution is -0.149. The number of phenols is 1. The van der Waals surface area contributed by atoms with Gasteiger partial charge in [0.2, 0.25) is 5.91 Å². The summed E-state index contributed by atoms with van der Waals surface area (Å²) in [5, 5.41) is 12.8. The van der Waals surface area contributed by atoms with Gasteiger partial charge in [0.05, 0.1) is 6.04 Å². The van der Waals surface area contributed by atoms with Crippen molar-refractivity contribution in [2.24, 2.45) is 5.41 Å². The lowest BCUT2D eigenvalue weighted by Gasteiger charge is -2.66. The van der Waals surface area contributed by atoms with Gasteiger partial charge in [0.1, 0.15) is 6.10 Å². The van der Waals surface area contributed by atoms with Crippen LogP contribution in [-0.4, -0.2) is 59.1 Å². The Labute approximate surface area is 219 Å². The Kier molecular flexibility index (Phi) is 5.47. The molecule has 2 aliphatic heterocycles. The van der Waals surface area contributed by atoms with E-state index in [1.165, 1.54) is 11.1 Å². The zero-order valence-electron chi connectivity index (χ0n) is 20.2. The summed E-state index contributed by atoms with van der Waals surface area (Å²) >= 11 is 5.08. The first kappa shape index (κ1) is 23.3. The lowest BCUT2D eigenvalue weighted by atomic mass is 9.43. The minimum absolute atomic E-state index is 0.00441. The van der Waals surface area contributed by atoms with E-state index in [0.717, 1.165) is 48.1 Å². The normalized spacial score (nSPS) is 32.8. The van der Waals surface area contributed by atoms with Gasteiger partial charge in [-0.15, -0.1) is 17.9 Å². The topological polar surface area (TPSA) is 53.0 Å². The molecule has 1 saturated heterocycles. The van der Waals surface area contributed by atoms with E-state index in [-0.39, 0.29) is 34.6 Å². The molecule has 0 unspecified atom stereocenters. The number of rotatable bonds is 5. The molecule has 1 aromatic carbocycles. The second kappa shape index (κ2) is 8.22. The van der Waals surface area contributed by atoms with Crippen molar-refractivity contribution in [3.05, 3.63) is 62.8 Å². The highest BCUT2D eigenvalue weighted by Crippen LogP contribution is 2.69. The molecule has 2 aromatic rings. The third-order valence-electron chi connectivity index (χ3n) is 9.30. The van der Waals surface area contributed by atoms with Gasteiger partial charge in [-0.2, -0.15) is 0 Å². The zero-order chi connectivity index (χ0) is 24.5. The highest BCUT2D eigenvalue weighted by atomic mass is 79.9. The second-order valence-electron chi connectivity index (χ2n) is 10.7. The maximum atomic E-state index is 13.3. The summed E-state index contributed by atoms with van der Waals surface area (Å²) in [5.74, 6) is 0.860. The second-order valence-corrected chi connectivity index (χ2v) is 12.5. The SMILES string of the molecule is C=CCN1CC[C@]23c4c5ccc(O)c4O[C@H]2[C@@H](N(C)C(=O)/C=C/c2cc(Br)cs2)CC[C@@]3(C)[C@H]1C5. The zero-order valence-corrected chi connectivity index (χ0v) is 22.6. The van der Waals surface area contributed by atoms with Gasteiger partial charge in [0.15, 0.2) is 11.5 Å². The van der Waals surface area contributed by atoms with Crippen LogP contribution in [0.1, 0.15) is 42.2 Å². The summed E-state index contributed by atoms with van der Waals surface area (Å²) in [6.45, 7) is 8.29. The van der Waals surface area contributed by atoms with Crippen LogP contribution in [0, 0.1) is 5.41 Å². The maximum absolute atomic E-state index is 13.3. The molecule has 1 N–H and O–H groups in total. The lowest BCUT2D eigenvalue weighted by Crippen LogP contribution is -2.73. The minimum Gasteiger partial charge on any atom is -0.504 e. The van der Waals surface area contributed by atoms with Crippen LogP contribution >= 0.6 is 27.3 Å². The summed E-state index contributed by atoms with van der Waals surface area (Å²) in [4.78, 5) is 18.8. The van der Waals surface area contributed by atoms with Crippen molar-refractivity contribution in [3.63, 3.8) is 0 Å². The number of thiophene rings is 1. The predicted octanol–water partition coefficient (Wildman–Crippen LogP) is 5.37. The largest absolute Gasteiger partial charge is 0.504 e. The molecular formula is C28H31BrN2O3S. The van der Waals surface area contributed by atoms with E-state index >= 15 is 0 Å². The van der Waals surface area contributed by atoms with Gasteiger partial charge in [-0.25, -0.2) is 0 Å². The highest BCUT2D eigenvalue weighted by molar-refractivity contribution is 9.10. The van der Waals surface area contributed by atoms with Crippen LogP contribution in [-0.2, 0) is 16.6 Å². The van der Waals surface area contributed by atoms with E-state index < -0.39 is 0 Å². The number of hydrogen-bond acceptors (Lipinski definition) is 5. The molecule has 7 heteroatoms. The summed E-state index contributed by atoms with van der Waals surface area (Å²) in [6.07, 6.45) is 9.22. The Bertz CT molecular complexity index is 1240. The summed E-state index contributed by atoms with van der Waals surface area (Å²) in [7, 11) is 1.90. The van der Waals surface area contributed by atoms with Gasteiger partial charge in [-0.05, 0) is 77.3 Å². The van der Waals surface area contributed by atoms with Crippen molar-refractivity contribution in [1.82, 2.24) is 9.80 Å². The molecule has 2 aliphatic carbocycles. The molecule has 2 fully saturated rings. The number of aromatic hydroxyl groups is 1. The standard InChI is InChI=1S/C28H31BrN2O3S/c1-4-12-31-13-11-28-24-17-5-7-21(32)25(24)34-26(28)20(9-10-27(28,2)22(31)14-17)30(3)23(33)8-6-19-15-18(29)16-35-19/h4-8,15-16,20,22,26,32H,1,9-14H2,2-3H3/b8-6+/t20-,22+,26-,27-,28-/m0/s1. The number of halogens is 1. The minimum atomic E-state index is -0.212. The van der Waals surface area contributed by atoms with Gasteiger partial charge in [-0.3, -0.25) is 9.69 Å². The fraction of sp³-hybridized carbons (Fsp3) is 0.464. The number of ether oxygens (including phenoxy) is 1. The Hall–Kier alpha value is -2.09. The number of piperidine rings is 1. The quantitative estimate of drug-likeness (QED) is 0.398. The molecule has 184 valence electrons. The third kappa shape index (κ3) is 3.17. The van der Waals surface area contributed by atoms with Gasteiger partial charge in [0.25, 0.3) is 0 Å². The van der Waals surface area contributed by atoms with Crippen molar-refractivity contribution in [2.45, 2.75) is 56.2 Å². The molecule has 2 bridgehead atoms. The Morgan fingerprint density at radius 3 is 3.00 bits per heavy atom. The average molecular weight is 556 g/mol. The van der Waals surface area contributed by atoms with Crippen LogP contribution in [0.4, 0.5) is 0 Å². The van der Waals surface area contributed by atoms with Crippen LogP contribution in [0.5, 0.6) is 11.5 Å².